The van der Waals surface area contributed by atoms with E-state index >= 15 is 0 Å². The fraction of sp³-hybridized carbons (Fsp3) is 0.600. The van der Waals surface area contributed by atoms with Crippen molar-refractivity contribution in [3.63, 3.8) is 0 Å². The highest BCUT2D eigenvalue weighted by Gasteiger charge is 2.33. The van der Waals surface area contributed by atoms with Gasteiger partial charge in [0, 0.05) is 12.6 Å². The van der Waals surface area contributed by atoms with Gasteiger partial charge in [0.2, 0.25) is 10.0 Å². The van der Waals surface area contributed by atoms with E-state index in [2.05, 4.69) is 6.92 Å². The van der Waals surface area contributed by atoms with Gasteiger partial charge in [0.05, 0.1) is 11.0 Å². The number of rotatable bonds is 3. The third kappa shape index (κ3) is 3.05. The van der Waals surface area contributed by atoms with Crippen LogP contribution in [-0.2, 0) is 10.0 Å². The van der Waals surface area contributed by atoms with Crippen LogP contribution in [0.2, 0.25) is 0 Å². The number of aliphatic hydroxyl groups is 1. The summed E-state index contributed by atoms with van der Waals surface area (Å²) in [6.07, 6.45) is 1.31. The second kappa shape index (κ2) is 5.84. The molecule has 20 heavy (non-hydrogen) atoms. The van der Waals surface area contributed by atoms with E-state index in [1.54, 1.807) is 35.5 Å². The molecule has 1 heterocycles. The molecular formula is C15H23NO3S. The number of hydrogen-bond donors (Lipinski definition) is 1. The highest BCUT2D eigenvalue weighted by molar-refractivity contribution is 7.89. The lowest BCUT2D eigenvalue weighted by Crippen LogP contribution is -2.44. The maximum absolute atomic E-state index is 12.8. The van der Waals surface area contributed by atoms with Gasteiger partial charge in [0.1, 0.15) is 0 Å². The quantitative estimate of drug-likeness (QED) is 0.933. The fourth-order valence-corrected chi connectivity index (χ4v) is 4.49. The molecule has 1 aromatic rings. The normalized spacial score (nSPS) is 26.4. The number of nitrogens with zero attached hydrogens (tertiary/aromatic N) is 1. The van der Waals surface area contributed by atoms with E-state index in [0.29, 0.717) is 18.0 Å². The Kier molecular flexibility index (Phi) is 4.52. The Morgan fingerprint density at radius 2 is 2.00 bits per heavy atom. The van der Waals surface area contributed by atoms with Crippen molar-refractivity contribution in [1.29, 1.82) is 0 Å². The van der Waals surface area contributed by atoms with Crippen LogP contribution in [0.15, 0.2) is 29.2 Å². The van der Waals surface area contributed by atoms with Crippen molar-refractivity contribution in [2.24, 2.45) is 5.92 Å². The molecule has 0 spiro atoms. The summed E-state index contributed by atoms with van der Waals surface area (Å²) >= 11 is 0. The van der Waals surface area contributed by atoms with Gasteiger partial charge in [-0.2, -0.15) is 4.31 Å². The molecule has 112 valence electrons. The van der Waals surface area contributed by atoms with Crippen LogP contribution in [0.1, 0.15) is 45.3 Å². The molecule has 1 N–H and O–H groups in total. The highest BCUT2D eigenvalue weighted by Crippen LogP contribution is 2.28. The van der Waals surface area contributed by atoms with Crippen LogP contribution in [0.25, 0.3) is 0 Å². The SMILES string of the molecule is CC1CCC(C)N(S(=O)(=O)c2cccc(C(C)O)c2)C1. The Bertz CT molecular complexity index is 568. The van der Waals surface area contributed by atoms with Crippen molar-refractivity contribution in [1.82, 2.24) is 4.31 Å². The molecule has 2 rings (SSSR count). The van der Waals surface area contributed by atoms with E-state index in [4.69, 9.17) is 0 Å². The van der Waals surface area contributed by atoms with E-state index in [0.717, 1.165) is 12.8 Å². The van der Waals surface area contributed by atoms with Gasteiger partial charge in [-0.1, -0.05) is 19.1 Å². The lowest BCUT2D eigenvalue weighted by molar-refractivity contribution is 0.199. The van der Waals surface area contributed by atoms with Crippen molar-refractivity contribution in [3.05, 3.63) is 29.8 Å². The van der Waals surface area contributed by atoms with E-state index < -0.39 is 16.1 Å². The first-order valence-corrected chi connectivity index (χ1v) is 8.56. The topological polar surface area (TPSA) is 57.6 Å². The van der Waals surface area contributed by atoms with Gasteiger partial charge in [0.15, 0.2) is 0 Å². The first-order valence-electron chi connectivity index (χ1n) is 7.12. The number of piperidine rings is 1. The summed E-state index contributed by atoms with van der Waals surface area (Å²) in [7, 11) is -3.48. The van der Waals surface area contributed by atoms with Crippen molar-refractivity contribution in [3.8, 4) is 0 Å². The summed E-state index contributed by atoms with van der Waals surface area (Å²) in [5.74, 6) is 0.390. The monoisotopic (exact) mass is 297 g/mol. The van der Waals surface area contributed by atoms with Gasteiger partial charge in [-0.05, 0) is 50.3 Å². The zero-order valence-corrected chi connectivity index (χ0v) is 13.1. The minimum atomic E-state index is -3.48. The molecule has 5 heteroatoms. The Hall–Kier alpha value is -0.910. The van der Waals surface area contributed by atoms with Crippen molar-refractivity contribution in [2.45, 2.75) is 50.7 Å². The van der Waals surface area contributed by atoms with Gasteiger partial charge in [0.25, 0.3) is 0 Å². The molecule has 0 bridgehead atoms. The molecule has 3 unspecified atom stereocenters. The average Bonchev–Trinajstić information content (AvgIpc) is 2.41. The summed E-state index contributed by atoms with van der Waals surface area (Å²) in [4.78, 5) is 0.275. The largest absolute Gasteiger partial charge is 0.389 e. The maximum Gasteiger partial charge on any atom is 0.243 e. The maximum atomic E-state index is 12.8. The number of benzene rings is 1. The first kappa shape index (κ1) is 15.5. The first-order chi connectivity index (χ1) is 9.32. The third-order valence-corrected chi connectivity index (χ3v) is 5.98. The minimum absolute atomic E-state index is 0.0337. The van der Waals surface area contributed by atoms with Gasteiger partial charge < -0.3 is 5.11 Å². The molecule has 0 aromatic heterocycles. The molecule has 1 aromatic carbocycles. The Labute approximate surface area is 121 Å². The molecule has 0 amide bonds. The summed E-state index contributed by atoms with van der Waals surface area (Å²) in [6.45, 7) is 6.25. The lowest BCUT2D eigenvalue weighted by Gasteiger charge is -2.35. The van der Waals surface area contributed by atoms with Crippen LogP contribution in [0, 0.1) is 5.92 Å². The van der Waals surface area contributed by atoms with Crippen LogP contribution in [0.4, 0.5) is 0 Å². The predicted octanol–water partition coefficient (Wildman–Crippen LogP) is 2.55. The van der Waals surface area contributed by atoms with Gasteiger partial charge in [-0.15, -0.1) is 0 Å². The Morgan fingerprint density at radius 1 is 1.30 bits per heavy atom. The summed E-state index contributed by atoms with van der Waals surface area (Å²) in [5, 5.41) is 9.61. The standard InChI is InChI=1S/C15H23NO3S/c1-11-7-8-12(2)16(10-11)20(18,19)15-6-4-5-14(9-15)13(3)17/h4-6,9,11-13,17H,7-8,10H2,1-3H3. The molecule has 0 saturated carbocycles. The molecule has 1 fully saturated rings. The smallest absolute Gasteiger partial charge is 0.243 e. The molecule has 1 aliphatic rings. The van der Waals surface area contributed by atoms with Crippen molar-refractivity contribution < 1.29 is 13.5 Å². The fourth-order valence-electron chi connectivity index (χ4n) is 2.65. The van der Waals surface area contributed by atoms with Crippen LogP contribution in [0.3, 0.4) is 0 Å². The zero-order valence-electron chi connectivity index (χ0n) is 12.3. The van der Waals surface area contributed by atoms with Crippen molar-refractivity contribution in [2.75, 3.05) is 6.54 Å². The van der Waals surface area contributed by atoms with Crippen molar-refractivity contribution >= 4 is 10.0 Å². The van der Waals surface area contributed by atoms with Gasteiger partial charge >= 0.3 is 0 Å². The molecule has 3 atom stereocenters. The van der Waals surface area contributed by atoms with E-state index in [-0.39, 0.29) is 10.9 Å². The molecule has 1 saturated heterocycles. The molecule has 1 aliphatic heterocycles. The van der Waals surface area contributed by atoms with Crippen LogP contribution >= 0.6 is 0 Å². The Balaban J connectivity index is 2.36. The van der Waals surface area contributed by atoms with Gasteiger partial charge in [-0.25, -0.2) is 8.42 Å². The highest BCUT2D eigenvalue weighted by atomic mass is 32.2. The zero-order chi connectivity index (χ0) is 14.9. The second-order valence-electron chi connectivity index (χ2n) is 5.85. The molecule has 4 nitrogen and oxygen atoms in total. The molecular weight excluding hydrogens is 274 g/mol. The minimum Gasteiger partial charge on any atom is -0.389 e. The van der Waals surface area contributed by atoms with Crippen LogP contribution < -0.4 is 0 Å². The molecule has 0 aliphatic carbocycles. The average molecular weight is 297 g/mol. The lowest BCUT2D eigenvalue weighted by atomic mass is 9.97. The summed E-state index contributed by atoms with van der Waals surface area (Å²) in [6, 6.07) is 6.64. The summed E-state index contributed by atoms with van der Waals surface area (Å²) in [5.41, 5.74) is 0.629. The summed E-state index contributed by atoms with van der Waals surface area (Å²) < 4.78 is 27.1. The third-order valence-electron chi connectivity index (χ3n) is 4.01. The van der Waals surface area contributed by atoms with Crippen LogP contribution in [-0.4, -0.2) is 30.4 Å². The van der Waals surface area contributed by atoms with E-state index in [9.17, 15) is 13.5 Å². The number of sulfonamides is 1. The Morgan fingerprint density at radius 3 is 2.65 bits per heavy atom. The number of aliphatic hydroxyl groups excluding tert-OH is 1. The molecule has 0 radical (unpaired) electrons. The van der Waals surface area contributed by atoms with E-state index in [1.807, 2.05) is 6.92 Å². The number of hydrogen-bond acceptors (Lipinski definition) is 3. The predicted molar refractivity (Wildman–Crippen MR) is 78.8 cm³/mol. The van der Waals surface area contributed by atoms with Gasteiger partial charge in [-0.3, -0.25) is 0 Å². The van der Waals surface area contributed by atoms with E-state index in [1.165, 1.54) is 0 Å². The second-order valence-corrected chi connectivity index (χ2v) is 7.75. The van der Waals surface area contributed by atoms with Crippen LogP contribution in [0.5, 0.6) is 0 Å².